The predicted molar refractivity (Wildman–Crippen MR) is 76.9 cm³/mol. The number of nitrogens with zero attached hydrogens (tertiary/aromatic N) is 4. The molecule has 3 rings (SSSR count). The summed E-state index contributed by atoms with van der Waals surface area (Å²) in [6, 6.07) is 0. The van der Waals surface area contributed by atoms with Gasteiger partial charge in [-0.2, -0.15) is 0 Å². The van der Waals surface area contributed by atoms with Gasteiger partial charge in [-0.15, -0.1) is 11.3 Å². The molecule has 0 atom stereocenters. The molecule has 0 amide bonds. The van der Waals surface area contributed by atoms with Crippen LogP contribution in [-0.4, -0.2) is 63.6 Å². The first-order chi connectivity index (χ1) is 9.28. The number of fused-ring (bicyclic) bond motifs is 1. The summed E-state index contributed by atoms with van der Waals surface area (Å²) in [5.41, 5.74) is 1.08. The Hall–Kier alpha value is -0.660. The minimum Gasteiger partial charge on any atom is -0.395 e. The van der Waals surface area contributed by atoms with Gasteiger partial charge in [-0.3, -0.25) is 14.2 Å². The van der Waals surface area contributed by atoms with Gasteiger partial charge in [0, 0.05) is 50.8 Å². The van der Waals surface area contributed by atoms with Crippen LogP contribution < -0.4 is 0 Å². The van der Waals surface area contributed by atoms with E-state index >= 15 is 0 Å². The van der Waals surface area contributed by atoms with Crippen molar-refractivity contribution < 1.29 is 5.11 Å². The Balaban J connectivity index is 1.66. The van der Waals surface area contributed by atoms with Gasteiger partial charge in [0.15, 0.2) is 10.1 Å². The Morgan fingerprint density at radius 1 is 1.26 bits per heavy atom. The molecule has 0 spiro atoms. The zero-order valence-corrected chi connectivity index (χ0v) is 12.2. The summed E-state index contributed by atoms with van der Waals surface area (Å²) >= 11 is 7.82. The van der Waals surface area contributed by atoms with E-state index in [9.17, 15) is 0 Å². The average Bonchev–Trinajstić information content (AvgIpc) is 2.95. The molecule has 1 fully saturated rings. The standard InChI is InChI=1S/C12H17ClN4OS/c13-11-10(17-6-8-19-12(17)14-11)9-16-3-1-15(2-4-16)5-7-18/h6,8,18H,1-5,7,9H2. The maximum atomic E-state index is 8.94. The van der Waals surface area contributed by atoms with Crippen LogP contribution in [0.15, 0.2) is 11.6 Å². The summed E-state index contributed by atoms with van der Waals surface area (Å²) in [5, 5.41) is 11.6. The van der Waals surface area contributed by atoms with Gasteiger partial charge in [0.1, 0.15) is 0 Å². The normalized spacial score (nSPS) is 18.4. The first-order valence-electron chi connectivity index (χ1n) is 6.43. The second-order valence-electron chi connectivity index (χ2n) is 4.75. The number of aliphatic hydroxyl groups excluding tert-OH is 1. The van der Waals surface area contributed by atoms with Crippen molar-refractivity contribution in [2.45, 2.75) is 6.54 Å². The van der Waals surface area contributed by atoms with Crippen LogP contribution in [0.25, 0.3) is 4.96 Å². The summed E-state index contributed by atoms with van der Waals surface area (Å²) in [6.07, 6.45) is 2.02. The topological polar surface area (TPSA) is 44.0 Å². The van der Waals surface area contributed by atoms with Crippen LogP contribution in [0.5, 0.6) is 0 Å². The van der Waals surface area contributed by atoms with E-state index in [4.69, 9.17) is 16.7 Å². The molecule has 104 valence electrons. The van der Waals surface area contributed by atoms with Crippen molar-refractivity contribution in [3.05, 3.63) is 22.4 Å². The summed E-state index contributed by atoms with van der Waals surface area (Å²) in [6.45, 7) is 5.87. The molecule has 0 saturated carbocycles. The van der Waals surface area contributed by atoms with Crippen LogP contribution in [0.4, 0.5) is 0 Å². The molecule has 1 N–H and O–H groups in total. The number of hydrogen-bond acceptors (Lipinski definition) is 5. The van der Waals surface area contributed by atoms with Gasteiger partial charge >= 0.3 is 0 Å². The third kappa shape index (κ3) is 2.78. The lowest BCUT2D eigenvalue weighted by molar-refractivity contribution is 0.107. The molecule has 3 heterocycles. The molecule has 19 heavy (non-hydrogen) atoms. The van der Waals surface area contributed by atoms with E-state index in [-0.39, 0.29) is 6.61 Å². The highest BCUT2D eigenvalue weighted by Crippen LogP contribution is 2.22. The monoisotopic (exact) mass is 300 g/mol. The van der Waals surface area contributed by atoms with E-state index in [0.717, 1.165) is 49.9 Å². The van der Waals surface area contributed by atoms with Gasteiger partial charge in [0.05, 0.1) is 12.3 Å². The molecule has 2 aromatic heterocycles. The zero-order valence-electron chi connectivity index (χ0n) is 10.6. The van der Waals surface area contributed by atoms with Gasteiger partial charge in [-0.05, 0) is 0 Å². The molecule has 1 aliphatic heterocycles. The van der Waals surface area contributed by atoms with Crippen LogP contribution in [0.3, 0.4) is 0 Å². The lowest BCUT2D eigenvalue weighted by Gasteiger charge is -2.34. The van der Waals surface area contributed by atoms with Crippen molar-refractivity contribution in [1.29, 1.82) is 0 Å². The molecule has 7 heteroatoms. The predicted octanol–water partition coefficient (Wildman–Crippen LogP) is 1.16. The van der Waals surface area contributed by atoms with Crippen molar-refractivity contribution in [2.24, 2.45) is 0 Å². The Kier molecular flexibility index (Phi) is 4.04. The maximum absolute atomic E-state index is 8.94. The first kappa shape index (κ1) is 13.3. The first-order valence-corrected chi connectivity index (χ1v) is 7.69. The number of imidazole rings is 1. The molecule has 0 aliphatic carbocycles. The molecule has 5 nitrogen and oxygen atoms in total. The number of aromatic nitrogens is 2. The number of rotatable bonds is 4. The molecule has 0 aromatic carbocycles. The SMILES string of the molecule is OCCN1CCN(Cc2c(Cl)nc3sccn23)CC1. The molecular weight excluding hydrogens is 284 g/mol. The van der Waals surface area contributed by atoms with E-state index in [2.05, 4.69) is 19.2 Å². The third-order valence-electron chi connectivity index (χ3n) is 3.57. The fourth-order valence-electron chi connectivity index (χ4n) is 2.47. The highest BCUT2D eigenvalue weighted by atomic mass is 35.5. The van der Waals surface area contributed by atoms with E-state index in [1.54, 1.807) is 11.3 Å². The lowest BCUT2D eigenvalue weighted by Crippen LogP contribution is -2.46. The van der Waals surface area contributed by atoms with Crippen molar-refractivity contribution in [2.75, 3.05) is 39.3 Å². The van der Waals surface area contributed by atoms with E-state index in [0.29, 0.717) is 5.15 Å². The van der Waals surface area contributed by atoms with E-state index in [1.807, 2.05) is 11.6 Å². The van der Waals surface area contributed by atoms with Gasteiger partial charge in [0.2, 0.25) is 0 Å². The van der Waals surface area contributed by atoms with Crippen molar-refractivity contribution in [1.82, 2.24) is 19.2 Å². The van der Waals surface area contributed by atoms with E-state index in [1.165, 1.54) is 0 Å². The fraction of sp³-hybridized carbons (Fsp3) is 0.583. The fourth-order valence-corrected chi connectivity index (χ4v) is 3.49. The summed E-state index contributed by atoms with van der Waals surface area (Å²) in [7, 11) is 0. The third-order valence-corrected chi connectivity index (χ3v) is 4.63. The second kappa shape index (κ2) is 5.76. The van der Waals surface area contributed by atoms with Crippen molar-refractivity contribution in [3.63, 3.8) is 0 Å². The van der Waals surface area contributed by atoms with Crippen LogP contribution in [0.2, 0.25) is 5.15 Å². The quantitative estimate of drug-likeness (QED) is 0.920. The van der Waals surface area contributed by atoms with Crippen molar-refractivity contribution >= 4 is 27.9 Å². The summed E-state index contributed by atoms with van der Waals surface area (Å²) in [5.74, 6) is 0. The van der Waals surface area contributed by atoms with Crippen LogP contribution in [-0.2, 0) is 6.54 Å². The minimum absolute atomic E-state index is 0.240. The maximum Gasteiger partial charge on any atom is 0.195 e. The van der Waals surface area contributed by atoms with Crippen LogP contribution >= 0.6 is 22.9 Å². The van der Waals surface area contributed by atoms with Gasteiger partial charge < -0.3 is 5.11 Å². The molecule has 0 bridgehead atoms. The number of piperazine rings is 1. The Morgan fingerprint density at radius 2 is 2.00 bits per heavy atom. The molecule has 0 radical (unpaired) electrons. The number of thiazole rings is 1. The highest BCUT2D eigenvalue weighted by molar-refractivity contribution is 7.15. The second-order valence-corrected chi connectivity index (χ2v) is 5.98. The van der Waals surface area contributed by atoms with Gasteiger partial charge in [0.25, 0.3) is 0 Å². The van der Waals surface area contributed by atoms with Crippen LogP contribution in [0.1, 0.15) is 5.69 Å². The molecule has 1 aliphatic rings. The van der Waals surface area contributed by atoms with Gasteiger partial charge in [-0.25, -0.2) is 4.98 Å². The summed E-state index contributed by atoms with van der Waals surface area (Å²) < 4.78 is 2.08. The molecule has 2 aromatic rings. The molecular formula is C12H17ClN4OS. The summed E-state index contributed by atoms with van der Waals surface area (Å²) in [4.78, 5) is 9.99. The van der Waals surface area contributed by atoms with Crippen LogP contribution in [0, 0.1) is 0 Å². The molecule has 1 saturated heterocycles. The molecule has 0 unspecified atom stereocenters. The Morgan fingerprint density at radius 3 is 2.74 bits per heavy atom. The Bertz CT molecular complexity index is 547. The van der Waals surface area contributed by atoms with Crippen molar-refractivity contribution in [3.8, 4) is 0 Å². The number of β-amino-alcohol motifs (C(OH)–C–C–N with tert-alkyl or cyclic N) is 1. The largest absolute Gasteiger partial charge is 0.395 e. The lowest BCUT2D eigenvalue weighted by atomic mass is 10.3. The Labute approximate surface area is 121 Å². The average molecular weight is 301 g/mol. The minimum atomic E-state index is 0.240. The smallest absolute Gasteiger partial charge is 0.195 e. The van der Waals surface area contributed by atoms with E-state index < -0.39 is 0 Å². The van der Waals surface area contributed by atoms with Gasteiger partial charge in [-0.1, -0.05) is 11.6 Å². The number of aliphatic hydroxyl groups is 1. The highest BCUT2D eigenvalue weighted by Gasteiger charge is 2.19. The number of halogens is 1. The zero-order chi connectivity index (χ0) is 13.2. The number of hydrogen-bond donors (Lipinski definition) is 1.